The van der Waals surface area contributed by atoms with Crippen LogP contribution in [0.4, 0.5) is 10.8 Å². The van der Waals surface area contributed by atoms with Crippen molar-refractivity contribution >= 4 is 32.4 Å². The summed E-state index contributed by atoms with van der Waals surface area (Å²) >= 11 is 1.75. The van der Waals surface area contributed by atoms with Gasteiger partial charge in [-0.05, 0) is 39.0 Å². The van der Waals surface area contributed by atoms with Crippen LogP contribution in [0.2, 0.25) is 0 Å². The van der Waals surface area contributed by atoms with Crippen molar-refractivity contribution in [3.8, 4) is 0 Å². The first-order valence-corrected chi connectivity index (χ1v) is 8.62. The number of hydrogen-bond acceptors (Lipinski definition) is 5. The minimum atomic E-state index is 0.652. The number of nitrogens with zero attached hydrogens (tertiary/aromatic N) is 3. The zero-order valence-electron chi connectivity index (χ0n) is 13.1. The number of fused-ring (bicyclic) bond motifs is 1. The molecule has 0 aliphatic carbocycles. The maximum absolute atomic E-state index is 4.60. The zero-order valence-corrected chi connectivity index (χ0v) is 13.9. The normalized spacial score (nSPS) is 16.9. The Morgan fingerprint density at radius 3 is 2.67 bits per heavy atom. The molecule has 0 atom stereocenters. The van der Waals surface area contributed by atoms with Crippen LogP contribution < -0.4 is 10.2 Å². The molecule has 0 unspecified atom stereocenters. The summed E-state index contributed by atoms with van der Waals surface area (Å²) in [5.74, 6) is 0. The van der Waals surface area contributed by atoms with Crippen LogP contribution in [0.5, 0.6) is 0 Å². The van der Waals surface area contributed by atoms with Crippen LogP contribution in [0, 0.1) is 0 Å². The van der Waals surface area contributed by atoms with Gasteiger partial charge in [-0.15, -0.1) is 0 Å². The molecule has 0 amide bonds. The third-order valence-corrected chi connectivity index (χ3v) is 5.09. The Morgan fingerprint density at radius 2 is 2.00 bits per heavy atom. The van der Waals surface area contributed by atoms with Crippen LogP contribution in [0.3, 0.4) is 0 Å². The highest BCUT2D eigenvalue weighted by atomic mass is 32.1. The molecule has 1 aromatic carbocycles. The Balaban J connectivity index is 1.75. The first-order chi connectivity index (χ1) is 10.2. The van der Waals surface area contributed by atoms with E-state index < -0.39 is 0 Å². The number of nitrogens with one attached hydrogen (secondary N) is 1. The second-order valence-electron chi connectivity index (χ2n) is 5.82. The van der Waals surface area contributed by atoms with Gasteiger partial charge < -0.3 is 10.2 Å². The SMILES string of the molecule is CCNc1nc2ccc(N3CCN(C(C)C)CC3)cc2s1. The van der Waals surface area contributed by atoms with Gasteiger partial charge in [-0.1, -0.05) is 11.3 Å². The number of benzene rings is 1. The monoisotopic (exact) mass is 304 g/mol. The molecule has 2 heterocycles. The molecule has 1 N–H and O–H groups in total. The minimum Gasteiger partial charge on any atom is -0.369 e. The fraction of sp³-hybridized carbons (Fsp3) is 0.562. The van der Waals surface area contributed by atoms with Crippen molar-refractivity contribution in [2.24, 2.45) is 0 Å². The molecule has 1 aromatic heterocycles. The Labute approximate surface area is 130 Å². The summed E-state index contributed by atoms with van der Waals surface area (Å²) in [5.41, 5.74) is 2.43. The van der Waals surface area contributed by atoms with E-state index in [4.69, 9.17) is 0 Å². The fourth-order valence-corrected chi connectivity index (χ4v) is 3.80. The Bertz CT molecular complexity index is 599. The van der Waals surface area contributed by atoms with Crippen molar-refractivity contribution in [3.63, 3.8) is 0 Å². The molecule has 2 aromatic rings. The maximum atomic E-state index is 4.60. The summed E-state index contributed by atoms with van der Waals surface area (Å²) in [6, 6.07) is 7.30. The molecule has 21 heavy (non-hydrogen) atoms. The van der Waals surface area contributed by atoms with Crippen LogP contribution in [0.25, 0.3) is 10.2 Å². The number of aromatic nitrogens is 1. The average molecular weight is 304 g/mol. The first-order valence-electron chi connectivity index (χ1n) is 7.81. The summed E-state index contributed by atoms with van der Waals surface area (Å²) < 4.78 is 1.27. The van der Waals surface area contributed by atoms with E-state index in [0.29, 0.717) is 6.04 Å². The van der Waals surface area contributed by atoms with E-state index >= 15 is 0 Å². The van der Waals surface area contributed by atoms with Crippen LogP contribution >= 0.6 is 11.3 Å². The van der Waals surface area contributed by atoms with Crippen molar-refractivity contribution in [1.82, 2.24) is 9.88 Å². The lowest BCUT2D eigenvalue weighted by molar-refractivity contribution is 0.209. The van der Waals surface area contributed by atoms with Crippen molar-refractivity contribution in [2.45, 2.75) is 26.8 Å². The third kappa shape index (κ3) is 3.14. The lowest BCUT2D eigenvalue weighted by Gasteiger charge is -2.38. The topological polar surface area (TPSA) is 31.4 Å². The minimum absolute atomic E-state index is 0.652. The molecule has 5 heteroatoms. The standard InChI is InChI=1S/C16H24N4S/c1-4-17-16-18-14-6-5-13(11-15(14)21-16)20-9-7-19(8-10-20)12(2)3/h5-6,11-12H,4,7-10H2,1-3H3,(H,17,18). The summed E-state index contributed by atoms with van der Waals surface area (Å²) in [7, 11) is 0. The molecule has 114 valence electrons. The lowest BCUT2D eigenvalue weighted by Crippen LogP contribution is -2.48. The highest BCUT2D eigenvalue weighted by Gasteiger charge is 2.19. The molecule has 1 fully saturated rings. The van der Waals surface area contributed by atoms with E-state index in [9.17, 15) is 0 Å². The number of anilines is 2. The summed E-state index contributed by atoms with van der Waals surface area (Å²) in [4.78, 5) is 9.64. The summed E-state index contributed by atoms with van der Waals surface area (Å²) in [5, 5.41) is 4.32. The van der Waals surface area contributed by atoms with E-state index in [2.05, 4.69) is 59.1 Å². The van der Waals surface area contributed by atoms with E-state index in [1.165, 1.54) is 10.4 Å². The lowest BCUT2D eigenvalue weighted by atomic mass is 10.2. The van der Waals surface area contributed by atoms with Crippen molar-refractivity contribution in [3.05, 3.63) is 18.2 Å². The molecule has 1 aliphatic heterocycles. The number of thiazole rings is 1. The van der Waals surface area contributed by atoms with Gasteiger partial charge in [-0.3, -0.25) is 4.90 Å². The van der Waals surface area contributed by atoms with Crippen LogP contribution in [-0.4, -0.2) is 48.6 Å². The van der Waals surface area contributed by atoms with Crippen LogP contribution in [0.1, 0.15) is 20.8 Å². The van der Waals surface area contributed by atoms with Crippen LogP contribution in [-0.2, 0) is 0 Å². The zero-order chi connectivity index (χ0) is 14.8. The summed E-state index contributed by atoms with van der Waals surface area (Å²) in [6.45, 7) is 12.1. The highest BCUT2D eigenvalue weighted by molar-refractivity contribution is 7.22. The van der Waals surface area contributed by atoms with Gasteiger partial charge in [-0.25, -0.2) is 4.98 Å². The highest BCUT2D eigenvalue weighted by Crippen LogP contribution is 2.30. The predicted molar refractivity (Wildman–Crippen MR) is 92.7 cm³/mol. The molecular weight excluding hydrogens is 280 g/mol. The van der Waals surface area contributed by atoms with Gasteiger partial charge in [0.05, 0.1) is 10.2 Å². The van der Waals surface area contributed by atoms with Crippen LogP contribution in [0.15, 0.2) is 18.2 Å². The third-order valence-electron chi connectivity index (χ3n) is 4.11. The van der Waals surface area contributed by atoms with Crippen molar-refractivity contribution in [2.75, 3.05) is 42.9 Å². The molecule has 1 aliphatic rings. The molecule has 4 nitrogen and oxygen atoms in total. The Morgan fingerprint density at radius 1 is 1.24 bits per heavy atom. The molecule has 0 saturated carbocycles. The first kappa shape index (κ1) is 14.6. The largest absolute Gasteiger partial charge is 0.369 e. The van der Waals surface area contributed by atoms with Crippen molar-refractivity contribution in [1.29, 1.82) is 0 Å². The van der Waals surface area contributed by atoms with Gasteiger partial charge in [0.1, 0.15) is 0 Å². The summed E-state index contributed by atoms with van der Waals surface area (Å²) in [6.07, 6.45) is 0. The number of rotatable bonds is 4. The van der Waals surface area contributed by atoms with E-state index in [-0.39, 0.29) is 0 Å². The molecule has 3 rings (SSSR count). The van der Waals surface area contributed by atoms with Gasteiger partial charge >= 0.3 is 0 Å². The Kier molecular flexibility index (Phi) is 4.31. The fourth-order valence-electron chi connectivity index (χ4n) is 2.83. The molecule has 0 radical (unpaired) electrons. The second-order valence-corrected chi connectivity index (χ2v) is 6.85. The second kappa shape index (κ2) is 6.20. The molecule has 1 saturated heterocycles. The van der Waals surface area contributed by atoms with Crippen molar-refractivity contribution < 1.29 is 0 Å². The molecule has 0 spiro atoms. The van der Waals surface area contributed by atoms with Gasteiger partial charge in [0.25, 0.3) is 0 Å². The molecular formula is C16H24N4S. The van der Waals surface area contributed by atoms with E-state index in [1.807, 2.05) is 0 Å². The quantitative estimate of drug-likeness (QED) is 0.939. The van der Waals surface area contributed by atoms with Gasteiger partial charge in [0.15, 0.2) is 5.13 Å². The average Bonchev–Trinajstić information content (AvgIpc) is 2.89. The van der Waals surface area contributed by atoms with Gasteiger partial charge in [0.2, 0.25) is 0 Å². The van der Waals surface area contributed by atoms with E-state index in [0.717, 1.165) is 43.4 Å². The van der Waals surface area contributed by atoms with Gasteiger partial charge in [-0.2, -0.15) is 0 Å². The number of piperazine rings is 1. The number of hydrogen-bond donors (Lipinski definition) is 1. The Hall–Kier alpha value is -1.33. The predicted octanol–water partition coefficient (Wildman–Crippen LogP) is 3.26. The smallest absolute Gasteiger partial charge is 0.183 e. The van der Waals surface area contributed by atoms with Gasteiger partial charge in [0, 0.05) is 44.5 Å². The van der Waals surface area contributed by atoms with E-state index in [1.54, 1.807) is 11.3 Å². The molecule has 0 bridgehead atoms. The maximum Gasteiger partial charge on any atom is 0.183 e.